The van der Waals surface area contributed by atoms with E-state index in [1.807, 2.05) is 25.1 Å². The van der Waals surface area contributed by atoms with Crippen LogP contribution in [0.2, 0.25) is 0 Å². The fourth-order valence-corrected chi connectivity index (χ4v) is 1.70. The number of hydrogen-bond acceptors (Lipinski definition) is 4. The van der Waals surface area contributed by atoms with Crippen molar-refractivity contribution in [3.05, 3.63) is 18.2 Å². The summed E-state index contributed by atoms with van der Waals surface area (Å²) in [6, 6.07) is 5.59. The molecule has 0 saturated heterocycles. The van der Waals surface area contributed by atoms with Gasteiger partial charge in [0.05, 0.1) is 18.0 Å². The minimum atomic E-state index is 0.0470. The van der Waals surface area contributed by atoms with Crippen LogP contribution in [0.15, 0.2) is 18.2 Å². The number of carbonyl (C=O) groups excluding carboxylic acids is 1. The summed E-state index contributed by atoms with van der Waals surface area (Å²) in [5.41, 5.74) is 7.38. The summed E-state index contributed by atoms with van der Waals surface area (Å²) in [6.45, 7) is 7.88. The van der Waals surface area contributed by atoms with Crippen molar-refractivity contribution in [2.75, 3.05) is 30.7 Å². The zero-order valence-electron chi connectivity index (χ0n) is 12.5. The molecule has 0 heterocycles. The first kappa shape index (κ1) is 16.1. The van der Waals surface area contributed by atoms with E-state index >= 15 is 0 Å². The van der Waals surface area contributed by atoms with Gasteiger partial charge in [0.1, 0.15) is 5.75 Å². The number of benzene rings is 1. The quantitative estimate of drug-likeness (QED) is 0.638. The standard InChI is InChI=1S/C15H25N3O2/c1-4-20-13-7-5-6-12(15(13)16)17-9-8-14(19)18-10-11(2)3/h5-7,11,17H,4,8-10,16H2,1-3H3,(H,18,19). The lowest BCUT2D eigenvalue weighted by atomic mass is 10.2. The second-order valence-electron chi connectivity index (χ2n) is 5.03. The summed E-state index contributed by atoms with van der Waals surface area (Å²) >= 11 is 0. The molecule has 0 radical (unpaired) electrons. The van der Waals surface area contributed by atoms with Crippen LogP contribution in [0.25, 0.3) is 0 Å². The number of rotatable bonds is 8. The van der Waals surface area contributed by atoms with E-state index in [9.17, 15) is 4.79 Å². The largest absolute Gasteiger partial charge is 0.492 e. The predicted molar refractivity (Wildman–Crippen MR) is 83.0 cm³/mol. The number of nitrogen functional groups attached to an aromatic ring is 1. The van der Waals surface area contributed by atoms with Gasteiger partial charge in [0.25, 0.3) is 0 Å². The fourth-order valence-electron chi connectivity index (χ4n) is 1.70. The molecule has 20 heavy (non-hydrogen) atoms. The van der Waals surface area contributed by atoms with Gasteiger partial charge < -0.3 is 21.1 Å². The van der Waals surface area contributed by atoms with Crippen LogP contribution in [0.5, 0.6) is 5.75 Å². The molecule has 0 aliphatic rings. The normalized spacial score (nSPS) is 10.4. The highest BCUT2D eigenvalue weighted by molar-refractivity contribution is 5.77. The van der Waals surface area contributed by atoms with E-state index in [0.29, 0.717) is 43.5 Å². The molecule has 0 bridgehead atoms. The van der Waals surface area contributed by atoms with Gasteiger partial charge >= 0.3 is 0 Å². The number of carbonyl (C=O) groups is 1. The molecule has 1 aromatic rings. The van der Waals surface area contributed by atoms with Crippen LogP contribution >= 0.6 is 0 Å². The molecule has 0 spiro atoms. The van der Waals surface area contributed by atoms with Crippen molar-refractivity contribution in [2.45, 2.75) is 27.2 Å². The number of para-hydroxylation sites is 1. The molecule has 0 atom stereocenters. The number of anilines is 2. The Morgan fingerprint density at radius 3 is 2.80 bits per heavy atom. The van der Waals surface area contributed by atoms with Crippen LogP contribution in [0.1, 0.15) is 27.2 Å². The number of nitrogens with two attached hydrogens (primary N) is 1. The Kier molecular flexibility index (Phi) is 6.70. The molecule has 1 rings (SSSR count). The van der Waals surface area contributed by atoms with Crippen LogP contribution < -0.4 is 21.1 Å². The van der Waals surface area contributed by atoms with Gasteiger partial charge in [-0.1, -0.05) is 19.9 Å². The Hall–Kier alpha value is -1.91. The van der Waals surface area contributed by atoms with Crippen LogP contribution in [-0.4, -0.2) is 25.6 Å². The van der Waals surface area contributed by atoms with E-state index in [1.54, 1.807) is 0 Å². The average Bonchev–Trinajstić information content (AvgIpc) is 2.41. The van der Waals surface area contributed by atoms with Crippen molar-refractivity contribution in [3.8, 4) is 5.75 Å². The summed E-state index contributed by atoms with van der Waals surface area (Å²) in [4.78, 5) is 11.6. The molecular weight excluding hydrogens is 254 g/mol. The summed E-state index contributed by atoms with van der Waals surface area (Å²) in [6.07, 6.45) is 0.422. The molecule has 0 aromatic heterocycles. The Labute approximate surface area is 120 Å². The van der Waals surface area contributed by atoms with Crippen molar-refractivity contribution in [3.63, 3.8) is 0 Å². The molecule has 0 fully saturated rings. The Morgan fingerprint density at radius 2 is 2.15 bits per heavy atom. The molecule has 5 nitrogen and oxygen atoms in total. The van der Waals surface area contributed by atoms with Crippen molar-refractivity contribution in [1.82, 2.24) is 5.32 Å². The fraction of sp³-hybridized carbons (Fsp3) is 0.533. The first-order valence-corrected chi connectivity index (χ1v) is 7.06. The summed E-state index contributed by atoms with van der Waals surface area (Å²) in [5.74, 6) is 1.18. The minimum Gasteiger partial charge on any atom is -0.492 e. The van der Waals surface area contributed by atoms with Gasteiger partial charge in [0.15, 0.2) is 0 Å². The molecule has 5 heteroatoms. The van der Waals surface area contributed by atoms with Crippen molar-refractivity contribution in [1.29, 1.82) is 0 Å². The molecule has 4 N–H and O–H groups in total. The maximum absolute atomic E-state index is 11.6. The lowest BCUT2D eigenvalue weighted by Gasteiger charge is -2.13. The van der Waals surface area contributed by atoms with E-state index in [4.69, 9.17) is 10.5 Å². The van der Waals surface area contributed by atoms with Crippen LogP contribution in [0, 0.1) is 5.92 Å². The first-order chi connectivity index (χ1) is 9.54. The average molecular weight is 279 g/mol. The summed E-state index contributed by atoms with van der Waals surface area (Å²) in [7, 11) is 0. The van der Waals surface area contributed by atoms with E-state index in [2.05, 4.69) is 24.5 Å². The summed E-state index contributed by atoms with van der Waals surface area (Å²) in [5, 5.41) is 6.04. The molecule has 0 unspecified atom stereocenters. The smallest absolute Gasteiger partial charge is 0.221 e. The van der Waals surface area contributed by atoms with Crippen molar-refractivity contribution < 1.29 is 9.53 Å². The second-order valence-corrected chi connectivity index (χ2v) is 5.03. The van der Waals surface area contributed by atoms with Crippen LogP contribution in [-0.2, 0) is 4.79 Å². The highest BCUT2D eigenvalue weighted by atomic mass is 16.5. The molecule has 0 aliphatic heterocycles. The zero-order valence-corrected chi connectivity index (χ0v) is 12.5. The third kappa shape index (κ3) is 5.38. The lowest BCUT2D eigenvalue weighted by Crippen LogP contribution is -2.28. The third-order valence-electron chi connectivity index (χ3n) is 2.74. The molecule has 1 aromatic carbocycles. The molecular formula is C15H25N3O2. The number of amides is 1. The highest BCUT2D eigenvalue weighted by Gasteiger charge is 2.06. The zero-order chi connectivity index (χ0) is 15.0. The highest BCUT2D eigenvalue weighted by Crippen LogP contribution is 2.29. The maximum atomic E-state index is 11.6. The Bertz CT molecular complexity index is 433. The Balaban J connectivity index is 2.42. The van der Waals surface area contributed by atoms with Gasteiger partial charge in [-0.25, -0.2) is 0 Å². The Morgan fingerprint density at radius 1 is 1.40 bits per heavy atom. The van der Waals surface area contributed by atoms with Crippen molar-refractivity contribution in [2.24, 2.45) is 5.92 Å². The van der Waals surface area contributed by atoms with Gasteiger partial charge in [-0.05, 0) is 25.0 Å². The monoisotopic (exact) mass is 279 g/mol. The van der Waals surface area contributed by atoms with Gasteiger partial charge in [-0.2, -0.15) is 0 Å². The van der Waals surface area contributed by atoms with E-state index < -0.39 is 0 Å². The number of hydrogen-bond donors (Lipinski definition) is 3. The van der Waals surface area contributed by atoms with Crippen LogP contribution in [0.3, 0.4) is 0 Å². The number of ether oxygens (including phenoxy) is 1. The van der Waals surface area contributed by atoms with E-state index in [1.165, 1.54) is 0 Å². The van der Waals surface area contributed by atoms with E-state index in [-0.39, 0.29) is 5.91 Å². The minimum absolute atomic E-state index is 0.0470. The van der Waals surface area contributed by atoms with E-state index in [0.717, 1.165) is 5.69 Å². The van der Waals surface area contributed by atoms with Crippen molar-refractivity contribution >= 4 is 17.3 Å². The summed E-state index contributed by atoms with van der Waals surface area (Å²) < 4.78 is 5.43. The van der Waals surface area contributed by atoms with Gasteiger partial charge in [0, 0.05) is 19.5 Å². The second kappa shape index (κ2) is 8.30. The topological polar surface area (TPSA) is 76.4 Å². The van der Waals surface area contributed by atoms with Gasteiger partial charge in [0.2, 0.25) is 5.91 Å². The predicted octanol–water partition coefficient (Wildman–Crippen LogP) is 2.24. The van der Waals surface area contributed by atoms with Gasteiger partial charge in [-0.15, -0.1) is 0 Å². The van der Waals surface area contributed by atoms with Gasteiger partial charge in [-0.3, -0.25) is 4.79 Å². The maximum Gasteiger partial charge on any atom is 0.221 e. The first-order valence-electron chi connectivity index (χ1n) is 7.06. The molecule has 0 saturated carbocycles. The molecule has 112 valence electrons. The molecule has 0 aliphatic carbocycles. The van der Waals surface area contributed by atoms with Crippen LogP contribution in [0.4, 0.5) is 11.4 Å². The third-order valence-corrected chi connectivity index (χ3v) is 2.74. The molecule has 1 amide bonds. The lowest BCUT2D eigenvalue weighted by molar-refractivity contribution is -0.120. The SMILES string of the molecule is CCOc1cccc(NCCC(=O)NCC(C)C)c1N. The number of nitrogens with one attached hydrogen (secondary N) is 2.